The number of benzene rings is 9. The molecule has 0 N–H and O–H groups in total. The van der Waals surface area contributed by atoms with Gasteiger partial charge in [-0.1, -0.05) is 146 Å². The van der Waals surface area contributed by atoms with Crippen LogP contribution in [0.1, 0.15) is 11.1 Å². The number of rotatable bonds is 2. The second kappa shape index (κ2) is 11.5. The van der Waals surface area contributed by atoms with Crippen LogP contribution in [-0.4, -0.2) is 17.9 Å². The number of aliphatic imine (C=N–C) groups is 2. The van der Waals surface area contributed by atoms with Crippen LogP contribution in [0.5, 0.6) is 0 Å². The summed E-state index contributed by atoms with van der Waals surface area (Å²) in [6.07, 6.45) is 0. The van der Waals surface area contributed by atoms with E-state index in [2.05, 4.69) is 156 Å². The lowest BCUT2D eigenvalue weighted by Gasteiger charge is -2.16. The van der Waals surface area contributed by atoms with Gasteiger partial charge in [-0.3, -0.25) is 4.57 Å². The van der Waals surface area contributed by atoms with E-state index >= 15 is 0 Å². The predicted molar refractivity (Wildman–Crippen MR) is 237 cm³/mol. The van der Waals surface area contributed by atoms with Gasteiger partial charge in [-0.25, -0.2) is 9.98 Å². The predicted octanol–water partition coefficient (Wildman–Crippen LogP) is 13.1. The zero-order valence-electron chi connectivity index (χ0n) is 28.8. The van der Waals surface area contributed by atoms with Gasteiger partial charge in [0.05, 0.1) is 11.0 Å². The lowest BCUT2D eigenvalue weighted by Crippen LogP contribution is -2.16. The Hall–Kier alpha value is -6.44. The van der Waals surface area contributed by atoms with E-state index in [-0.39, 0.29) is 0 Å². The average Bonchev–Trinajstić information content (AvgIpc) is 3.80. The number of halogens is 1. The molecule has 0 aliphatic carbocycles. The van der Waals surface area contributed by atoms with E-state index in [0.717, 1.165) is 57.4 Å². The summed E-state index contributed by atoms with van der Waals surface area (Å²) < 4.78 is 10.9. The fourth-order valence-electron chi connectivity index (χ4n) is 8.66. The topological polar surface area (TPSA) is 42.8 Å². The second-order valence-corrected chi connectivity index (χ2v) is 16.4. The van der Waals surface area contributed by atoms with Crippen molar-refractivity contribution in [3.63, 3.8) is 0 Å². The van der Waals surface area contributed by atoms with Crippen LogP contribution in [0.4, 0.5) is 0 Å². The zero-order valence-corrected chi connectivity index (χ0v) is 31.0. The molecular weight excluding hydrogens is 773 g/mol. The van der Waals surface area contributed by atoms with E-state index in [1.54, 1.807) is 0 Å². The van der Waals surface area contributed by atoms with Gasteiger partial charge in [0, 0.05) is 38.1 Å². The standard InChI is InChI=1S/C49H28IN3O/c1-2-14-30(15-3-1)48-51-47(38-22-12-24-42-43(38)37-21-10-11-23-41(37)54-42)50-49(52-48)53-39-27-25-29-13-4-5-16-31(29)45(39)46-40(53)28-26-36-34-19-7-6-17-32(34)33-18-8-9-20-35(33)44(36)46/h1-28H. The highest BCUT2D eigenvalue weighted by Gasteiger charge is 2.25. The number of nitrogens with zero attached hydrogens (tertiary/aromatic N) is 3. The molecule has 5 heteroatoms. The van der Waals surface area contributed by atoms with Crippen molar-refractivity contribution in [1.29, 1.82) is 0 Å². The third kappa shape index (κ3) is 4.27. The molecule has 0 saturated carbocycles. The summed E-state index contributed by atoms with van der Waals surface area (Å²) in [7, 11) is 0. The maximum Gasteiger partial charge on any atom is 0.174 e. The van der Waals surface area contributed by atoms with Gasteiger partial charge in [0.15, 0.2) is 9.68 Å². The Morgan fingerprint density at radius 3 is 1.83 bits per heavy atom. The molecule has 0 radical (unpaired) electrons. The van der Waals surface area contributed by atoms with Gasteiger partial charge < -0.3 is 4.42 Å². The Bertz CT molecular complexity index is 3460. The highest BCUT2D eigenvalue weighted by molar-refractivity contribution is 14.2. The van der Waals surface area contributed by atoms with Crippen LogP contribution in [-0.2, 0) is 0 Å². The van der Waals surface area contributed by atoms with Crippen molar-refractivity contribution >= 4 is 121 Å². The molecule has 1 aliphatic rings. The van der Waals surface area contributed by atoms with Crippen LogP contribution in [0, 0.1) is 0 Å². The number of hydrogen-bond donors (Lipinski definition) is 0. The van der Waals surface area contributed by atoms with E-state index < -0.39 is 20.7 Å². The third-order valence-corrected chi connectivity index (χ3v) is 13.5. The molecule has 2 aromatic heterocycles. The van der Waals surface area contributed by atoms with Gasteiger partial charge in [0.1, 0.15) is 14.8 Å². The van der Waals surface area contributed by atoms with E-state index in [1.165, 1.54) is 53.9 Å². The van der Waals surface area contributed by atoms with Crippen molar-refractivity contribution in [2.24, 2.45) is 9.98 Å². The average molecular weight is 802 g/mol. The first-order valence-corrected chi connectivity index (χ1v) is 20.3. The zero-order chi connectivity index (χ0) is 35.3. The smallest absolute Gasteiger partial charge is 0.174 e. The maximum atomic E-state index is 6.37. The molecule has 0 spiro atoms. The molecule has 12 rings (SSSR count). The van der Waals surface area contributed by atoms with Crippen molar-refractivity contribution in [2.45, 2.75) is 0 Å². The van der Waals surface area contributed by atoms with Crippen molar-refractivity contribution in [2.75, 3.05) is 0 Å². The lowest BCUT2D eigenvalue weighted by atomic mass is 9.91. The number of amidine groups is 1. The number of para-hydroxylation sites is 1. The monoisotopic (exact) mass is 801 g/mol. The minimum atomic E-state index is -0.881. The summed E-state index contributed by atoms with van der Waals surface area (Å²) in [5.74, 6) is 0.726. The fourth-order valence-corrected chi connectivity index (χ4v) is 11.3. The van der Waals surface area contributed by atoms with Gasteiger partial charge in [0.25, 0.3) is 0 Å². The normalized spacial score (nSPS) is 13.7. The van der Waals surface area contributed by atoms with Crippen molar-refractivity contribution in [3.8, 4) is 0 Å². The lowest BCUT2D eigenvalue weighted by molar-refractivity contribution is 0.669. The highest BCUT2D eigenvalue weighted by Crippen LogP contribution is 2.45. The molecule has 9 aromatic carbocycles. The quantitative estimate of drug-likeness (QED) is 0.127. The van der Waals surface area contributed by atoms with Gasteiger partial charge in [-0.2, -0.15) is 0 Å². The van der Waals surface area contributed by atoms with E-state index in [4.69, 9.17) is 14.4 Å². The van der Waals surface area contributed by atoms with Crippen LogP contribution >= 0.6 is 20.7 Å². The molecule has 54 heavy (non-hydrogen) atoms. The van der Waals surface area contributed by atoms with Crippen molar-refractivity contribution in [1.82, 2.24) is 4.57 Å². The Kier molecular flexibility index (Phi) is 6.42. The number of aromatic nitrogens is 1. The first kappa shape index (κ1) is 30.1. The summed E-state index contributed by atoms with van der Waals surface area (Å²) in [4.78, 5) is 10.9. The van der Waals surface area contributed by atoms with E-state index in [1.807, 2.05) is 18.2 Å². The molecular formula is C49H28IN3O. The first-order chi connectivity index (χ1) is 26.8. The molecule has 1 aliphatic heterocycles. The number of hydrogen-bond acceptors (Lipinski definition) is 3. The van der Waals surface area contributed by atoms with Gasteiger partial charge in [-0.15, -0.1) is 0 Å². The SMILES string of the molecule is c1ccc(C2=NC(c3cccc4oc5ccccc5c34)=IC(n3c4ccc5ccccc5c4c4c5c6ccccc6c6ccccc6c5ccc43)=N2)cc1. The molecule has 3 heterocycles. The summed E-state index contributed by atoms with van der Waals surface area (Å²) in [6.45, 7) is 0. The Balaban J connectivity index is 1.25. The second-order valence-electron chi connectivity index (χ2n) is 13.8. The molecule has 0 unspecified atom stereocenters. The first-order valence-electron chi connectivity index (χ1n) is 18.1. The Morgan fingerprint density at radius 2 is 1.02 bits per heavy atom. The van der Waals surface area contributed by atoms with Gasteiger partial charge >= 0.3 is 0 Å². The molecule has 11 aromatic rings. The van der Waals surface area contributed by atoms with Gasteiger partial charge in [0.2, 0.25) is 0 Å². The maximum absolute atomic E-state index is 6.37. The number of fused-ring (bicyclic) bond motifs is 15. The molecule has 252 valence electrons. The van der Waals surface area contributed by atoms with Crippen LogP contribution in [0.15, 0.2) is 184 Å². The summed E-state index contributed by atoms with van der Waals surface area (Å²) in [5.41, 5.74) is 6.19. The van der Waals surface area contributed by atoms with Crippen LogP contribution < -0.4 is 0 Å². The largest absolute Gasteiger partial charge is 0.456 e. The van der Waals surface area contributed by atoms with Crippen molar-refractivity contribution < 1.29 is 4.42 Å². The fraction of sp³-hybridized carbons (Fsp3) is 0. The summed E-state index contributed by atoms with van der Waals surface area (Å²) in [6, 6.07) is 60.8. The molecule has 0 amide bonds. The third-order valence-electron chi connectivity index (χ3n) is 10.9. The molecule has 0 bridgehead atoms. The van der Waals surface area contributed by atoms with E-state index in [0.29, 0.717) is 0 Å². The Labute approximate surface area is 319 Å². The summed E-state index contributed by atoms with van der Waals surface area (Å²) in [5, 5.41) is 14.8. The van der Waals surface area contributed by atoms with Crippen LogP contribution in [0.3, 0.4) is 0 Å². The Morgan fingerprint density at radius 1 is 0.407 bits per heavy atom. The van der Waals surface area contributed by atoms with Gasteiger partial charge in [-0.05, 0) is 82.7 Å². The van der Waals surface area contributed by atoms with Crippen LogP contribution in [0.2, 0.25) is 0 Å². The minimum Gasteiger partial charge on any atom is -0.456 e. The highest BCUT2D eigenvalue weighted by atomic mass is 127. The van der Waals surface area contributed by atoms with Crippen LogP contribution in [0.25, 0.3) is 86.8 Å². The van der Waals surface area contributed by atoms with E-state index in [9.17, 15) is 0 Å². The summed E-state index contributed by atoms with van der Waals surface area (Å²) >= 11 is -0.881. The molecule has 0 saturated heterocycles. The van der Waals surface area contributed by atoms with Crippen molar-refractivity contribution in [3.05, 3.63) is 181 Å². The minimum absolute atomic E-state index is 0.726. The number of furan rings is 1. The molecule has 0 atom stereocenters. The molecule has 0 fully saturated rings. The molecule has 4 nitrogen and oxygen atoms in total.